The number of benzene rings is 3. The summed E-state index contributed by atoms with van der Waals surface area (Å²) in [4.78, 5) is 56.2. The van der Waals surface area contributed by atoms with E-state index in [0.29, 0.717) is 5.56 Å². The van der Waals surface area contributed by atoms with Gasteiger partial charge in [0.1, 0.15) is 11.6 Å². The lowest BCUT2D eigenvalue weighted by Crippen LogP contribution is -2.54. The van der Waals surface area contributed by atoms with Crippen LogP contribution in [0.3, 0.4) is 0 Å². The predicted octanol–water partition coefficient (Wildman–Crippen LogP) is 3.78. The topological polar surface area (TPSA) is 122 Å². The molecule has 10 nitrogen and oxygen atoms in total. The molecular formula is C34H32N4O6. The Hall–Kier alpha value is -5.09. The van der Waals surface area contributed by atoms with E-state index < -0.39 is 34.5 Å². The van der Waals surface area contributed by atoms with Gasteiger partial charge in [-0.2, -0.15) is 0 Å². The molecule has 0 radical (unpaired) electrons. The fraction of sp³-hybridized carbons (Fsp3) is 0.265. The first kappa shape index (κ1) is 29.0. The number of nitrogens with zero attached hydrogens (tertiary/aromatic N) is 3. The highest BCUT2D eigenvalue weighted by atomic mass is 16.6. The van der Waals surface area contributed by atoms with Crippen LogP contribution in [-0.4, -0.2) is 56.7 Å². The average molecular weight is 593 g/mol. The van der Waals surface area contributed by atoms with Gasteiger partial charge in [-0.15, -0.1) is 6.58 Å². The van der Waals surface area contributed by atoms with Crippen LogP contribution in [0.15, 0.2) is 110 Å². The Morgan fingerprint density at radius 2 is 1.66 bits per heavy atom. The standard InChI is InChI=1S/C34H32N4O6/c1-2-19-36(21-25-13-15-26(16-14-25)38(42)43)32(40)28-27-17-18-34(44-27)29(28)33(41)37(22-24-11-7-4-8-12-24)30(34)31(39)35-20-23-9-5-3-6-10-23/h2-18,27-30H,1,19-22H2,(H,35,39)/t27-,28+,29+,30-,34+/m0/s1. The SMILES string of the molecule is C=CCN(Cc1ccc([N+](=O)[O-])cc1)C(=O)[C@@H]1[C@@H]2C=C[C@]3(O2)[C@H](C(=O)NCc2ccccc2)N(Cc2ccccc2)C(=O)[C@@H]13. The maximum Gasteiger partial charge on any atom is 0.269 e. The molecule has 5 atom stereocenters. The summed E-state index contributed by atoms with van der Waals surface area (Å²) in [6.45, 7) is 4.63. The van der Waals surface area contributed by atoms with Gasteiger partial charge in [-0.3, -0.25) is 24.5 Å². The van der Waals surface area contributed by atoms with Crippen molar-refractivity contribution in [2.75, 3.05) is 6.54 Å². The highest BCUT2D eigenvalue weighted by Crippen LogP contribution is 2.55. The van der Waals surface area contributed by atoms with Crippen molar-refractivity contribution < 1.29 is 24.0 Å². The van der Waals surface area contributed by atoms with E-state index in [1.54, 1.807) is 40.2 Å². The predicted molar refractivity (Wildman–Crippen MR) is 162 cm³/mol. The molecule has 3 amide bonds. The van der Waals surface area contributed by atoms with Gasteiger partial charge in [0, 0.05) is 38.3 Å². The molecule has 0 unspecified atom stereocenters. The third-order valence-corrected chi connectivity index (χ3v) is 8.59. The normalized spacial score (nSPS) is 24.6. The van der Waals surface area contributed by atoms with Crippen molar-refractivity contribution in [1.29, 1.82) is 0 Å². The van der Waals surface area contributed by atoms with E-state index in [1.807, 2.05) is 60.7 Å². The van der Waals surface area contributed by atoms with Gasteiger partial charge in [0.05, 0.1) is 22.9 Å². The van der Waals surface area contributed by atoms with Gasteiger partial charge in [-0.1, -0.05) is 91.0 Å². The fourth-order valence-electron chi connectivity index (χ4n) is 6.62. The highest BCUT2D eigenvalue weighted by molar-refractivity contribution is 5.99. The molecule has 2 fully saturated rings. The van der Waals surface area contributed by atoms with Crippen molar-refractivity contribution in [3.05, 3.63) is 137 Å². The lowest BCUT2D eigenvalue weighted by atomic mass is 9.74. The molecule has 2 bridgehead atoms. The Balaban J connectivity index is 1.30. The van der Waals surface area contributed by atoms with Crippen molar-refractivity contribution in [3.8, 4) is 0 Å². The third-order valence-electron chi connectivity index (χ3n) is 8.59. The summed E-state index contributed by atoms with van der Waals surface area (Å²) in [5.74, 6) is -2.72. The highest BCUT2D eigenvalue weighted by Gasteiger charge is 2.73. The van der Waals surface area contributed by atoms with Gasteiger partial charge < -0.3 is 19.9 Å². The number of carbonyl (C=O) groups excluding carboxylic acids is 3. The monoisotopic (exact) mass is 592 g/mol. The zero-order valence-corrected chi connectivity index (χ0v) is 24.0. The second-order valence-electron chi connectivity index (χ2n) is 11.3. The number of carbonyl (C=O) groups is 3. The largest absolute Gasteiger partial charge is 0.359 e. The van der Waals surface area contributed by atoms with E-state index in [-0.39, 0.29) is 49.6 Å². The van der Waals surface area contributed by atoms with E-state index in [0.717, 1.165) is 11.1 Å². The molecule has 0 aliphatic carbocycles. The van der Waals surface area contributed by atoms with Crippen LogP contribution in [0, 0.1) is 22.0 Å². The summed E-state index contributed by atoms with van der Waals surface area (Å²) in [6, 6.07) is 23.9. The molecule has 3 aliphatic rings. The number of nitro groups is 1. The van der Waals surface area contributed by atoms with Crippen LogP contribution in [0.1, 0.15) is 16.7 Å². The van der Waals surface area contributed by atoms with Crippen LogP contribution in [0.5, 0.6) is 0 Å². The van der Waals surface area contributed by atoms with E-state index in [9.17, 15) is 24.5 Å². The van der Waals surface area contributed by atoms with Crippen LogP contribution >= 0.6 is 0 Å². The van der Waals surface area contributed by atoms with Gasteiger partial charge in [0.15, 0.2) is 0 Å². The quantitative estimate of drug-likeness (QED) is 0.206. The molecule has 0 aromatic heterocycles. The van der Waals surface area contributed by atoms with Gasteiger partial charge in [-0.25, -0.2) is 0 Å². The molecule has 6 rings (SSSR count). The second-order valence-corrected chi connectivity index (χ2v) is 11.3. The number of amides is 3. The number of fused-ring (bicyclic) bond motifs is 1. The van der Waals surface area contributed by atoms with Crippen LogP contribution in [-0.2, 0) is 38.8 Å². The molecule has 3 aliphatic heterocycles. The lowest BCUT2D eigenvalue weighted by molar-refractivity contribution is -0.384. The first-order valence-electron chi connectivity index (χ1n) is 14.5. The Labute approximate surface area is 254 Å². The van der Waals surface area contributed by atoms with E-state index in [1.165, 1.54) is 12.1 Å². The summed E-state index contributed by atoms with van der Waals surface area (Å²) in [7, 11) is 0. The minimum Gasteiger partial charge on any atom is -0.359 e. The van der Waals surface area contributed by atoms with Crippen molar-refractivity contribution in [2.45, 2.75) is 37.4 Å². The van der Waals surface area contributed by atoms with E-state index in [2.05, 4.69) is 11.9 Å². The molecular weight excluding hydrogens is 560 g/mol. The number of nitro benzene ring substituents is 1. The van der Waals surface area contributed by atoms with Gasteiger partial charge in [-0.05, 0) is 16.7 Å². The maximum absolute atomic E-state index is 14.3. The summed E-state index contributed by atoms with van der Waals surface area (Å²) in [5, 5.41) is 14.1. The average Bonchev–Trinajstić information content (AvgIpc) is 3.68. The molecule has 3 heterocycles. The number of likely N-dealkylation sites (tertiary alicyclic amines) is 1. The van der Waals surface area contributed by atoms with Gasteiger partial charge in [0.25, 0.3) is 5.69 Å². The first-order chi connectivity index (χ1) is 21.3. The first-order valence-corrected chi connectivity index (χ1v) is 14.5. The zero-order chi connectivity index (χ0) is 30.8. The lowest BCUT2D eigenvalue weighted by Gasteiger charge is -2.32. The van der Waals surface area contributed by atoms with Crippen LogP contribution in [0.2, 0.25) is 0 Å². The summed E-state index contributed by atoms with van der Waals surface area (Å²) in [6.07, 6.45) is 4.49. The smallest absolute Gasteiger partial charge is 0.269 e. The molecule has 44 heavy (non-hydrogen) atoms. The number of hydrogen-bond acceptors (Lipinski definition) is 6. The fourth-order valence-corrected chi connectivity index (χ4v) is 6.62. The molecule has 0 saturated carbocycles. The molecule has 3 aromatic carbocycles. The Kier molecular flexibility index (Phi) is 7.84. The maximum atomic E-state index is 14.3. The molecule has 1 spiro atoms. The van der Waals surface area contributed by atoms with Crippen molar-refractivity contribution in [1.82, 2.24) is 15.1 Å². The Morgan fingerprint density at radius 3 is 2.30 bits per heavy atom. The Bertz CT molecular complexity index is 1610. The molecule has 10 heteroatoms. The van der Waals surface area contributed by atoms with Crippen molar-refractivity contribution >= 4 is 23.4 Å². The van der Waals surface area contributed by atoms with E-state index in [4.69, 9.17) is 4.74 Å². The van der Waals surface area contributed by atoms with Gasteiger partial charge in [0.2, 0.25) is 17.7 Å². The number of nitrogens with one attached hydrogen (secondary N) is 1. The summed E-state index contributed by atoms with van der Waals surface area (Å²) < 4.78 is 6.48. The van der Waals surface area contributed by atoms with Crippen LogP contribution < -0.4 is 5.32 Å². The zero-order valence-electron chi connectivity index (χ0n) is 24.0. The van der Waals surface area contributed by atoms with Crippen molar-refractivity contribution in [3.63, 3.8) is 0 Å². The summed E-state index contributed by atoms with van der Waals surface area (Å²) in [5.41, 5.74) is 1.12. The van der Waals surface area contributed by atoms with Crippen LogP contribution in [0.25, 0.3) is 0 Å². The number of non-ortho nitro benzene ring substituents is 1. The van der Waals surface area contributed by atoms with Crippen molar-refractivity contribution in [2.24, 2.45) is 11.8 Å². The molecule has 3 aromatic rings. The number of rotatable bonds is 11. The molecule has 1 N–H and O–H groups in total. The molecule has 2 saturated heterocycles. The van der Waals surface area contributed by atoms with Crippen LogP contribution in [0.4, 0.5) is 5.69 Å². The minimum atomic E-state index is -1.30. The van der Waals surface area contributed by atoms with Gasteiger partial charge >= 0.3 is 0 Å². The number of hydrogen-bond donors (Lipinski definition) is 1. The second kappa shape index (κ2) is 11.9. The Morgan fingerprint density at radius 1 is 1.00 bits per heavy atom. The van der Waals surface area contributed by atoms with E-state index >= 15 is 0 Å². The number of ether oxygens (including phenoxy) is 1. The minimum absolute atomic E-state index is 0.0458. The summed E-state index contributed by atoms with van der Waals surface area (Å²) >= 11 is 0. The molecule has 224 valence electrons. The third kappa shape index (κ3) is 5.17.